The van der Waals surface area contributed by atoms with E-state index in [1.54, 1.807) is 16.8 Å². The smallest absolute Gasteiger partial charge is 0.205 e. The van der Waals surface area contributed by atoms with Crippen LogP contribution in [0.5, 0.6) is 0 Å². The third-order valence-electron chi connectivity index (χ3n) is 4.51. The Morgan fingerprint density at radius 2 is 2.00 bits per heavy atom. The predicted octanol–water partition coefficient (Wildman–Crippen LogP) is 2.47. The fourth-order valence-corrected chi connectivity index (χ4v) is 4.06. The van der Waals surface area contributed by atoms with E-state index in [0.717, 1.165) is 23.5 Å². The minimum absolute atomic E-state index is 0.606. The van der Waals surface area contributed by atoms with Crippen LogP contribution in [0.15, 0.2) is 35.8 Å². The summed E-state index contributed by atoms with van der Waals surface area (Å²) in [5, 5.41) is 12.5. The molecular formula is C15H18N4S. The number of piperidine rings is 2. The number of benzene rings is 1. The van der Waals surface area contributed by atoms with Gasteiger partial charge in [0, 0.05) is 25.7 Å². The number of aromatic nitrogens is 2. The lowest BCUT2D eigenvalue weighted by Gasteiger charge is -2.53. The van der Waals surface area contributed by atoms with Crippen LogP contribution in [0, 0.1) is 11.8 Å². The van der Waals surface area contributed by atoms with Crippen LogP contribution in [0.1, 0.15) is 12.0 Å². The largest absolute Gasteiger partial charge is 0.357 e. The van der Waals surface area contributed by atoms with Crippen molar-refractivity contribution in [3.05, 3.63) is 41.4 Å². The SMILES string of the molecule is c1ccc(CN2CC3CC(C2)C3Nc2nncs2)cc1. The molecule has 5 rings (SSSR count). The van der Waals surface area contributed by atoms with Crippen LogP contribution >= 0.6 is 11.3 Å². The molecule has 2 aromatic rings. The molecule has 0 amide bonds. The van der Waals surface area contributed by atoms with Crippen molar-refractivity contribution in [2.45, 2.75) is 19.0 Å². The van der Waals surface area contributed by atoms with Gasteiger partial charge in [0.2, 0.25) is 5.13 Å². The first kappa shape index (κ1) is 12.3. The summed E-state index contributed by atoms with van der Waals surface area (Å²) >= 11 is 1.60. The predicted molar refractivity (Wildman–Crippen MR) is 80.6 cm³/mol. The van der Waals surface area contributed by atoms with E-state index in [-0.39, 0.29) is 0 Å². The molecule has 1 aromatic heterocycles. The molecule has 3 fully saturated rings. The van der Waals surface area contributed by atoms with E-state index in [2.05, 4.69) is 50.7 Å². The lowest BCUT2D eigenvalue weighted by Crippen LogP contribution is -2.60. The van der Waals surface area contributed by atoms with Crippen molar-refractivity contribution in [1.29, 1.82) is 0 Å². The van der Waals surface area contributed by atoms with Gasteiger partial charge in [0.05, 0.1) is 0 Å². The maximum absolute atomic E-state index is 4.10. The normalized spacial score (nSPS) is 28.9. The van der Waals surface area contributed by atoms with Gasteiger partial charge in [0.1, 0.15) is 5.51 Å². The van der Waals surface area contributed by atoms with Crippen LogP contribution < -0.4 is 5.32 Å². The minimum atomic E-state index is 0.606. The lowest BCUT2D eigenvalue weighted by atomic mass is 9.66. The average Bonchev–Trinajstić information content (AvgIpc) is 2.99. The second kappa shape index (κ2) is 5.14. The zero-order valence-electron chi connectivity index (χ0n) is 11.3. The highest BCUT2D eigenvalue weighted by molar-refractivity contribution is 7.13. The first-order valence-corrected chi connectivity index (χ1v) is 8.05. The van der Waals surface area contributed by atoms with Gasteiger partial charge in [0.15, 0.2) is 0 Å². The Balaban J connectivity index is 1.36. The van der Waals surface area contributed by atoms with E-state index >= 15 is 0 Å². The van der Waals surface area contributed by atoms with Crippen molar-refractivity contribution in [3.63, 3.8) is 0 Å². The Bertz CT molecular complexity index is 545. The van der Waals surface area contributed by atoms with Crippen molar-refractivity contribution < 1.29 is 0 Å². The Morgan fingerprint density at radius 3 is 2.70 bits per heavy atom. The summed E-state index contributed by atoms with van der Waals surface area (Å²) in [6.45, 7) is 3.48. The fraction of sp³-hybridized carbons (Fsp3) is 0.467. The average molecular weight is 286 g/mol. The summed E-state index contributed by atoms with van der Waals surface area (Å²) in [5.41, 5.74) is 3.21. The molecule has 3 heterocycles. The molecule has 1 N–H and O–H groups in total. The van der Waals surface area contributed by atoms with Gasteiger partial charge < -0.3 is 5.32 Å². The quantitative estimate of drug-likeness (QED) is 0.937. The summed E-state index contributed by atoms with van der Waals surface area (Å²) in [4.78, 5) is 2.59. The molecule has 104 valence electrons. The first-order chi connectivity index (χ1) is 9.88. The van der Waals surface area contributed by atoms with Crippen LogP contribution in [-0.4, -0.2) is 34.2 Å². The van der Waals surface area contributed by atoms with Crippen LogP contribution in [0.2, 0.25) is 0 Å². The maximum atomic E-state index is 4.10. The van der Waals surface area contributed by atoms with Gasteiger partial charge in [-0.1, -0.05) is 41.7 Å². The van der Waals surface area contributed by atoms with Gasteiger partial charge >= 0.3 is 0 Å². The molecule has 20 heavy (non-hydrogen) atoms. The third-order valence-corrected chi connectivity index (χ3v) is 5.13. The Labute approximate surface area is 122 Å². The number of hydrogen-bond acceptors (Lipinski definition) is 5. The van der Waals surface area contributed by atoms with E-state index in [4.69, 9.17) is 0 Å². The van der Waals surface area contributed by atoms with Gasteiger partial charge in [0.25, 0.3) is 0 Å². The molecule has 2 atom stereocenters. The summed E-state index contributed by atoms with van der Waals surface area (Å²) in [7, 11) is 0. The molecule has 1 aliphatic carbocycles. The molecule has 2 aliphatic heterocycles. The second-order valence-electron chi connectivity index (χ2n) is 5.85. The van der Waals surface area contributed by atoms with Gasteiger partial charge in [-0.05, 0) is 23.8 Å². The summed E-state index contributed by atoms with van der Waals surface area (Å²) < 4.78 is 0. The Hall–Kier alpha value is -1.46. The zero-order chi connectivity index (χ0) is 13.4. The molecular weight excluding hydrogens is 268 g/mol. The number of anilines is 1. The highest BCUT2D eigenvalue weighted by Crippen LogP contribution is 2.42. The highest BCUT2D eigenvalue weighted by atomic mass is 32.1. The molecule has 1 aromatic carbocycles. The first-order valence-electron chi connectivity index (χ1n) is 7.17. The Kier molecular flexibility index (Phi) is 3.16. The standard InChI is InChI=1S/C15H18N4S/c1-2-4-11(5-3-1)7-19-8-12-6-13(9-19)14(12)17-15-18-16-10-20-15/h1-5,10,12-14H,6-9H2,(H,17,18). The van der Waals surface area contributed by atoms with Crippen molar-refractivity contribution in [2.24, 2.45) is 11.8 Å². The minimum Gasteiger partial charge on any atom is -0.357 e. The summed E-state index contributed by atoms with van der Waals surface area (Å²) in [6.07, 6.45) is 1.36. The molecule has 2 bridgehead atoms. The lowest BCUT2D eigenvalue weighted by molar-refractivity contribution is 0.00748. The van der Waals surface area contributed by atoms with Crippen LogP contribution in [-0.2, 0) is 6.54 Å². The molecule has 2 unspecified atom stereocenters. The van der Waals surface area contributed by atoms with E-state index < -0.39 is 0 Å². The number of hydrogen-bond donors (Lipinski definition) is 1. The second-order valence-corrected chi connectivity index (χ2v) is 6.68. The van der Waals surface area contributed by atoms with Crippen LogP contribution in [0.4, 0.5) is 5.13 Å². The molecule has 3 aliphatic rings. The third kappa shape index (κ3) is 2.31. The molecule has 1 saturated carbocycles. The maximum Gasteiger partial charge on any atom is 0.205 e. The fourth-order valence-electron chi connectivity index (χ4n) is 3.57. The van der Waals surface area contributed by atoms with Gasteiger partial charge in [-0.2, -0.15) is 0 Å². The summed E-state index contributed by atoms with van der Waals surface area (Å²) in [6, 6.07) is 11.4. The van der Waals surface area contributed by atoms with Crippen molar-refractivity contribution in [2.75, 3.05) is 18.4 Å². The molecule has 4 nitrogen and oxygen atoms in total. The number of nitrogens with one attached hydrogen (secondary N) is 1. The van der Waals surface area contributed by atoms with E-state index in [1.807, 2.05) is 0 Å². The van der Waals surface area contributed by atoms with Gasteiger partial charge in [-0.3, -0.25) is 4.90 Å². The molecule has 0 radical (unpaired) electrons. The number of rotatable bonds is 4. The number of nitrogens with zero attached hydrogens (tertiary/aromatic N) is 3. The van der Waals surface area contributed by atoms with E-state index in [9.17, 15) is 0 Å². The van der Waals surface area contributed by atoms with Crippen molar-refractivity contribution in [1.82, 2.24) is 15.1 Å². The van der Waals surface area contributed by atoms with Crippen LogP contribution in [0.25, 0.3) is 0 Å². The monoisotopic (exact) mass is 286 g/mol. The number of fused-ring (bicyclic) bond motifs is 2. The van der Waals surface area contributed by atoms with E-state index in [1.165, 1.54) is 25.1 Å². The van der Waals surface area contributed by atoms with Crippen LogP contribution in [0.3, 0.4) is 0 Å². The van der Waals surface area contributed by atoms with Gasteiger partial charge in [-0.25, -0.2) is 0 Å². The molecule has 0 spiro atoms. The van der Waals surface area contributed by atoms with Crippen molar-refractivity contribution in [3.8, 4) is 0 Å². The highest BCUT2D eigenvalue weighted by Gasteiger charge is 2.46. The van der Waals surface area contributed by atoms with E-state index in [0.29, 0.717) is 6.04 Å². The molecule has 2 saturated heterocycles. The Morgan fingerprint density at radius 1 is 1.20 bits per heavy atom. The van der Waals surface area contributed by atoms with Crippen molar-refractivity contribution >= 4 is 16.5 Å². The summed E-state index contributed by atoms with van der Waals surface area (Å²) in [5.74, 6) is 1.53. The topological polar surface area (TPSA) is 41.0 Å². The molecule has 5 heteroatoms. The van der Waals surface area contributed by atoms with Gasteiger partial charge in [-0.15, -0.1) is 10.2 Å². The zero-order valence-corrected chi connectivity index (χ0v) is 12.1.